The van der Waals surface area contributed by atoms with Gasteiger partial charge < -0.3 is 9.47 Å². The third-order valence-corrected chi connectivity index (χ3v) is 7.79. The van der Waals surface area contributed by atoms with E-state index in [0.717, 1.165) is 12.5 Å². The summed E-state index contributed by atoms with van der Waals surface area (Å²) in [5.41, 5.74) is 2.26. The molecule has 0 bridgehead atoms. The number of hydrogen-bond donors (Lipinski definition) is 0. The van der Waals surface area contributed by atoms with E-state index in [1.165, 1.54) is 36.3 Å². The lowest BCUT2D eigenvalue weighted by Crippen LogP contribution is -2.32. The molecule has 1 aliphatic rings. The van der Waals surface area contributed by atoms with Crippen LogP contribution in [0.2, 0.25) is 0 Å². The number of hydrogen-bond acceptors (Lipinski definition) is 7. The Morgan fingerprint density at radius 3 is 2.07 bits per heavy atom. The highest BCUT2D eigenvalue weighted by Gasteiger charge is 2.48. The Morgan fingerprint density at radius 2 is 1.52 bits per heavy atom. The first kappa shape index (κ1) is 32.2. The molecule has 46 heavy (non-hydrogen) atoms. The Kier molecular flexibility index (Phi) is 9.09. The predicted octanol–water partition coefficient (Wildman–Crippen LogP) is 7.18. The fourth-order valence-corrected chi connectivity index (χ4v) is 5.25. The van der Waals surface area contributed by atoms with Crippen LogP contribution >= 0.6 is 0 Å². The van der Waals surface area contributed by atoms with Crippen molar-refractivity contribution >= 4 is 23.5 Å². The first-order chi connectivity index (χ1) is 21.9. The van der Waals surface area contributed by atoms with Gasteiger partial charge in [0, 0.05) is 23.6 Å². The molecule has 8 nitrogen and oxygen atoms in total. The van der Waals surface area contributed by atoms with Crippen molar-refractivity contribution in [2.75, 3.05) is 12.0 Å². The number of alkyl halides is 2. The van der Waals surface area contributed by atoms with E-state index < -0.39 is 41.5 Å². The van der Waals surface area contributed by atoms with Gasteiger partial charge in [-0.15, -0.1) is 5.10 Å². The number of esters is 1. The van der Waals surface area contributed by atoms with Crippen LogP contribution in [0.25, 0.3) is 0 Å². The molecular weight excluding hydrogens is 592 g/mol. The summed E-state index contributed by atoms with van der Waals surface area (Å²) >= 11 is 0. The molecule has 1 aromatic heterocycles. The van der Waals surface area contributed by atoms with Crippen LogP contribution in [0, 0.1) is 6.92 Å². The second-order valence-electron chi connectivity index (χ2n) is 11.4. The lowest BCUT2D eigenvalue weighted by atomic mass is 9.91. The van der Waals surface area contributed by atoms with Crippen molar-refractivity contribution in [1.29, 1.82) is 0 Å². The van der Waals surface area contributed by atoms with Crippen LogP contribution in [0.5, 0.6) is 0 Å². The first-order valence-corrected chi connectivity index (χ1v) is 14.7. The second-order valence-corrected chi connectivity index (χ2v) is 11.4. The third kappa shape index (κ3) is 6.42. The molecule has 1 amide bonds. The Balaban J connectivity index is 1.74. The number of carbonyl (C=O) groups is 3. The van der Waals surface area contributed by atoms with Gasteiger partial charge in [-0.2, -0.15) is 5.10 Å². The monoisotopic (exact) mass is 625 g/mol. The highest BCUT2D eigenvalue weighted by atomic mass is 19.3. The van der Waals surface area contributed by atoms with Gasteiger partial charge >= 0.3 is 5.97 Å². The van der Waals surface area contributed by atoms with Gasteiger partial charge in [-0.1, -0.05) is 92.7 Å². The lowest BCUT2D eigenvalue weighted by Gasteiger charge is -2.26. The minimum Gasteiger partial charge on any atom is -0.468 e. The smallest absolute Gasteiger partial charge is 0.351 e. The fourth-order valence-electron chi connectivity index (χ4n) is 5.25. The number of nitrogens with zero attached hydrogens (tertiary/aromatic N) is 3. The van der Waals surface area contributed by atoms with Gasteiger partial charge in [0.1, 0.15) is 0 Å². The maximum atomic E-state index is 14.5. The minimum atomic E-state index is -3.11. The van der Waals surface area contributed by atoms with Gasteiger partial charge in [-0.25, -0.2) is 13.6 Å². The van der Waals surface area contributed by atoms with Gasteiger partial charge in [0.05, 0.1) is 24.4 Å². The molecule has 0 N–H and O–H groups in total. The Labute approximate surface area is 265 Å². The molecule has 4 aromatic rings. The van der Waals surface area contributed by atoms with Gasteiger partial charge in [0.25, 0.3) is 11.8 Å². The number of ketones is 1. The van der Waals surface area contributed by atoms with E-state index in [9.17, 15) is 23.2 Å². The molecule has 5 rings (SSSR count). The number of ether oxygens (including phenoxy) is 2. The van der Waals surface area contributed by atoms with Crippen LogP contribution in [0.1, 0.15) is 77.1 Å². The Bertz CT molecular complexity index is 1770. The van der Waals surface area contributed by atoms with E-state index in [1.54, 1.807) is 61.5 Å². The number of benzene rings is 3. The fraction of sp³-hybridized carbons (Fsp3) is 0.250. The number of aromatic nitrogens is 2. The van der Waals surface area contributed by atoms with Crippen LogP contribution < -0.4 is 4.90 Å². The van der Waals surface area contributed by atoms with Gasteiger partial charge in [0.2, 0.25) is 6.10 Å². The van der Waals surface area contributed by atoms with Crippen LogP contribution in [0.15, 0.2) is 102 Å². The molecule has 10 heteroatoms. The number of anilines is 1. The second kappa shape index (κ2) is 13.0. The zero-order chi connectivity index (χ0) is 33.2. The predicted molar refractivity (Wildman–Crippen MR) is 167 cm³/mol. The summed E-state index contributed by atoms with van der Waals surface area (Å²) < 4.78 is 39.6. The maximum absolute atomic E-state index is 14.5. The quantitative estimate of drug-likeness (QED) is 0.136. The highest BCUT2D eigenvalue weighted by molar-refractivity contribution is 6.21. The van der Waals surface area contributed by atoms with E-state index in [4.69, 9.17) is 9.47 Å². The zero-order valence-electron chi connectivity index (χ0n) is 26.0. The highest BCUT2D eigenvalue weighted by Crippen LogP contribution is 2.44. The van der Waals surface area contributed by atoms with Crippen LogP contribution in [0.4, 0.5) is 14.6 Å². The zero-order valence-corrected chi connectivity index (χ0v) is 26.0. The number of rotatable bonds is 10. The molecule has 0 unspecified atom stereocenters. The molecule has 0 spiro atoms. The topological polar surface area (TPSA) is 98.7 Å². The minimum absolute atomic E-state index is 0.0921. The molecule has 0 saturated carbocycles. The van der Waals surface area contributed by atoms with Gasteiger partial charge in [0.15, 0.2) is 17.4 Å². The Hall–Kier alpha value is -5.25. The Morgan fingerprint density at radius 1 is 0.870 bits per heavy atom. The summed E-state index contributed by atoms with van der Waals surface area (Å²) in [6.07, 6.45) is -1.40. The van der Waals surface area contributed by atoms with Crippen LogP contribution in [0.3, 0.4) is 0 Å². The molecule has 3 aromatic carbocycles. The standard InChI is InChI=1S/C36H33F2N3O5/c1-21(2)23-12-14-25(15-13-23)31(42)29-30(24-16-18-27(19-17-24)36(4,37)38)41(28-20-11-22(3)39-40-28)34(43)33(29)46-32(35(44)45-5)26-9-7-6-8-10-26/h6-21,30,32H,1-5H3/t30-,32-/m1/s1. The molecule has 2 atom stereocenters. The molecule has 1 aliphatic heterocycles. The van der Waals surface area contributed by atoms with Crippen molar-refractivity contribution in [3.63, 3.8) is 0 Å². The molecule has 236 valence electrons. The van der Waals surface area contributed by atoms with E-state index in [1.807, 2.05) is 26.0 Å². The van der Waals surface area contributed by atoms with E-state index in [-0.39, 0.29) is 28.4 Å². The van der Waals surface area contributed by atoms with Crippen molar-refractivity contribution in [2.24, 2.45) is 0 Å². The molecular formula is C36H33F2N3O5. The summed E-state index contributed by atoms with van der Waals surface area (Å²) in [5.74, 6) is -5.31. The SMILES string of the molecule is COC(=O)[C@H](OC1=C(C(=O)c2ccc(C(C)C)cc2)[C@@H](c2ccc(C(C)(F)F)cc2)N(c2ccc(C)nn2)C1=O)c1ccccc1. The number of aryl methyl sites for hydroxylation is 1. The molecule has 0 fully saturated rings. The lowest BCUT2D eigenvalue weighted by molar-refractivity contribution is -0.152. The van der Waals surface area contributed by atoms with Crippen molar-refractivity contribution in [3.8, 4) is 0 Å². The normalized spacial score (nSPS) is 15.7. The van der Waals surface area contributed by atoms with Crippen molar-refractivity contribution in [3.05, 3.63) is 136 Å². The summed E-state index contributed by atoms with van der Waals surface area (Å²) in [4.78, 5) is 43.2. The van der Waals surface area contributed by atoms with Crippen molar-refractivity contribution < 1.29 is 32.6 Å². The summed E-state index contributed by atoms with van der Waals surface area (Å²) in [6, 6.07) is 22.8. The van der Waals surface area contributed by atoms with Crippen molar-refractivity contribution in [2.45, 2.75) is 51.7 Å². The number of halogens is 2. The van der Waals surface area contributed by atoms with E-state index in [0.29, 0.717) is 16.8 Å². The third-order valence-electron chi connectivity index (χ3n) is 7.79. The van der Waals surface area contributed by atoms with E-state index >= 15 is 0 Å². The maximum Gasteiger partial charge on any atom is 0.351 e. The van der Waals surface area contributed by atoms with Crippen LogP contribution in [-0.4, -0.2) is 35.0 Å². The van der Waals surface area contributed by atoms with Gasteiger partial charge in [-0.05, 0) is 36.1 Å². The van der Waals surface area contributed by atoms with Crippen LogP contribution in [-0.2, 0) is 25.0 Å². The summed E-state index contributed by atoms with van der Waals surface area (Å²) in [7, 11) is 1.19. The number of Topliss-reactive ketones (excluding diaryl/α,β-unsaturated/α-hetero) is 1. The summed E-state index contributed by atoms with van der Waals surface area (Å²) in [6.45, 7) is 6.56. The van der Waals surface area contributed by atoms with Gasteiger partial charge in [-0.3, -0.25) is 14.5 Å². The average molecular weight is 626 g/mol. The number of carbonyl (C=O) groups excluding carboxylic acids is 3. The molecule has 0 saturated heterocycles. The molecule has 0 radical (unpaired) electrons. The number of amides is 1. The largest absolute Gasteiger partial charge is 0.468 e. The summed E-state index contributed by atoms with van der Waals surface area (Å²) in [5, 5.41) is 8.31. The van der Waals surface area contributed by atoms with E-state index in [2.05, 4.69) is 10.2 Å². The van der Waals surface area contributed by atoms with Crippen molar-refractivity contribution in [1.82, 2.24) is 10.2 Å². The molecule has 2 heterocycles. The molecule has 0 aliphatic carbocycles. The first-order valence-electron chi connectivity index (χ1n) is 14.7. The number of methoxy groups -OCH3 is 1. The average Bonchev–Trinajstić information content (AvgIpc) is 3.34.